The Labute approximate surface area is 213 Å². The maximum Gasteiger partial charge on any atom is 0.229 e. The molecular formula is C26H32O11. The smallest absolute Gasteiger partial charge is 0.229 e. The summed E-state index contributed by atoms with van der Waals surface area (Å²) in [4.78, 5) is 0. The maximum atomic E-state index is 10.3. The summed E-state index contributed by atoms with van der Waals surface area (Å²) in [6.45, 7) is 0.436. The molecule has 3 saturated heterocycles. The van der Waals surface area contributed by atoms with E-state index in [-0.39, 0.29) is 35.5 Å². The number of aliphatic hydroxyl groups excluding tert-OH is 4. The predicted molar refractivity (Wildman–Crippen MR) is 126 cm³/mol. The Kier molecular flexibility index (Phi) is 7.46. The minimum absolute atomic E-state index is 0.0689. The van der Waals surface area contributed by atoms with Gasteiger partial charge >= 0.3 is 0 Å². The summed E-state index contributed by atoms with van der Waals surface area (Å²) in [7, 11) is 2.98. The monoisotopic (exact) mass is 520 g/mol. The van der Waals surface area contributed by atoms with Crippen molar-refractivity contribution >= 4 is 0 Å². The fourth-order valence-electron chi connectivity index (χ4n) is 5.35. The number of phenols is 1. The molecule has 3 aliphatic heterocycles. The van der Waals surface area contributed by atoms with Crippen molar-refractivity contribution < 1.29 is 54.0 Å². The van der Waals surface area contributed by atoms with Crippen LogP contribution in [0.2, 0.25) is 0 Å². The zero-order valence-electron chi connectivity index (χ0n) is 20.5. The molecule has 2 aromatic carbocycles. The minimum Gasteiger partial charge on any atom is -0.504 e. The van der Waals surface area contributed by atoms with E-state index in [1.54, 1.807) is 24.3 Å². The van der Waals surface area contributed by atoms with Crippen LogP contribution in [0.4, 0.5) is 0 Å². The molecule has 0 bridgehead atoms. The highest BCUT2D eigenvalue weighted by Crippen LogP contribution is 2.51. The van der Waals surface area contributed by atoms with Crippen LogP contribution in [-0.4, -0.2) is 90.3 Å². The fraction of sp³-hybridized carbons (Fsp3) is 0.538. The Hall–Kier alpha value is -2.64. The van der Waals surface area contributed by atoms with Gasteiger partial charge in [-0.2, -0.15) is 0 Å². The Morgan fingerprint density at radius 2 is 1.38 bits per heavy atom. The molecule has 3 fully saturated rings. The minimum atomic E-state index is -1.55. The van der Waals surface area contributed by atoms with E-state index in [2.05, 4.69) is 0 Å². The molecule has 3 heterocycles. The Morgan fingerprint density at radius 3 is 1.97 bits per heavy atom. The predicted octanol–water partition coefficient (Wildman–Crippen LogP) is 0.663. The van der Waals surface area contributed by atoms with Crippen molar-refractivity contribution in [3.05, 3.63) is 47.5 Å². The van der Waals surface area contributed by atoms with Crippen LogP contribution < -0.4 is 14.2 Å². The summed E-state index contributed by atoms with van der Waals surface area (Å²) in [5, 5.41) is 49.7. The van der Waals surface area contributed by atoms with Crippen molar-refractivity contribution in [1.82, 2.24) is 0 Å². The average Bonchev–Trinajstić information content (AvgIpc) is 3.52. The van der Waals surface area contributed by atoms with Crippen molar-refractivity contribution in [2.24, 2.45) is 11.8 Å². The molecule has 0 amide bonds. The molecule has 0 spiro atoms. The standard InChI is InChI=1S/C26H32O11/c1-32-18-7-12(3-5-16(18)28)24-14-10-35-25(15(14)11-34-24)13-4-6-17(19(8-13)33-2)36-26-23(31)22(30)21(29)20(9-27)37-26/h3-8,14-15,20-31H,9-11H2,1-2H3/t14-,15-,20?,21?,22?,23?,24?,25?,26?/m1/s1. The van der Waals surface area contributed by atoms with Gasteiger partial charge in [-0.25, -0.2) is 0 Å². The summed E-state index contributed by atoms with van der Waals surface area (Å²) in [5.41, 5.74) is 1.77. The molecule has 202 valence electrons. The van der Waals surface area contributed by atoms with Crippen LogP contribution in [0.25, 0.3) is 0 Å². The van der Waals surface area contributed by atoms with Gasteiger partial charge in [0.1, 0.15) is 24.4 Å². The van der Waals surface area contributed by atoms with Gasteiger partial charge in [0.05, 0.1) is 46.2 Å². The fourth-order valence-corrected chi connectivity index (χ4v) is 5.35. The van der Waals surface area contributed by atoms with E-state index in [4.69, 9.17) is 28.4 Å². The molecule has 5 rings (SSSR count). The third-order valence-electron chi connectivity index (χ3n) is 7.40. The first-order chi connectivity index (χ1) is 17.9. The van der Waals surface area contributed by atoms with Crippen LogP contribution in [0.1, 0.15) is 23.3 Å². The molecule has 37 heavy (non-hydrogen) atoms. The summed E-state index contributed by atoms with van der Waals surface area (Å²) in [6, 6.07) is 10.5. The number of methoxy groups -OCH3 is 2. The number of rotatable bonds is 7. The highest BCUT2D eigenvalue weighted by atomic mass is 16.7. The average molecular weight is 521 g/mol. The zero-order chi connectivity index (χ0) is 26.3. The number of benzene rings is 2. The van der Waals surface area contributed by atoms with Gasteiger partial charge in [-0.3, -0.25) is 0 Å². The van der Waals surface area contributed by atoms with E-state index in [1.165, 1.54) is 14.2 Å². The largest absolute Gasteiger partial charge is 0.504 e. The Bertz CT molecular complexity index is 1090. The Balaban J connectivity index is 1.32. The number of ether oxygens (including phenoxy) is 6. The van der Waals surface area contributed by atoms with E-state index in [9.17, 15) is 25.5 Å². The van der Waals surface area contributed by atoms with Crippen LogP contribution in [0, 0.1) is 11.8 Å². The Morgan fingerprint density at radius 1 is 0.784 bits per heavy atom. The molecule has 5 N–H and O–H groups in total. The molecular weight excluding hydrogens is 488 g/mol. The van der Waals surface area contributed by atoms with E-state index < -0.39 is 37.3 Å². The van der Waals surface area contributed by atoms with Crippen molar-refractivity contribution in [3.8, 4) is 23.0 Å². The van der Waals surface area contributed by atoms with Crippen LogP contribution >= 0.6 is 0 Å². The van der Waals surface area contributed by atoms with Gasteiger partial charge in [-0.05, 0) is 35.4 Å². The lowest BCUT2D eigenvalue weighted by Gasteiger charge is -2.39. The molecule has 2 aromatic rings. The van der Waals surface area contributed by atoms with Crippen LogP contribution in [0.3, 0.4) is 0 Å². The molecule has 0 aromatic heterocycles. The van der Waals surface area contributed by atoms with E-state index in [1.807, 2.05) is 12.1 Å². The first kappa shape index (κ1) is 26.0. The molecule has 7 unspecified atom stereocenters. The van der Waals surface area contributed by atoms with Gasteiger partial charge in [0.2, 0.25) is 6.29 Å². The number of fused-ring (bicyclic) bond motifs is 1. The van der Waals surface area contributed by atoms with Crippen LogP contribution in [0.15, 0.2) is 36.4 Å². The van der Waals surface area contributed by atoms with Crippen molar-refractivity contribution in [1.29, 1.82) is 0 Å². The molecule has 11 nitrogen and oxygen atoms in total. The molecule has 0 saturated carbocycles. The number of phenolic OH excluding ortho intramolecular Hbond substituents is 1. The molecule has 3 aliphatic rings. The SMILES string of the molecule is COc1cc(C2OC[C@H]3C(c4ccc(OC5OC(CO)C(O)C(O)C5O)c(OC)c4)OC[C@@H]23)ccc1O. The van der Waals surface area contributed by atoms with E-state index >= 15 is 0 Å². The molecule has 11 heteroatoms. The highest BCUT2D eigenvalue weighted by Gasteiger charge is 2.49. The third kappa shape index (κ3) is 4.72. The quantitative estimate of drug-likeness (QED) is 0.349. The van der Waals surface area contributed by atoms with Crippen LogP contribution in [-0.2, 0) is 14.2 Å². The summed E-state index contributed by atoms with van der Waals surface area (Å²) in [5.74, 6) is 1.27. The number of aliphatic hydroxyl groups is 4. The van der Waals surface area contributed by atoms with E-state index in [0.717, 1.165) is 11.1 Å². The van der Waals surface area contributed by atoms with Crippen molar-refractivity contribution in [2.45, 2.75) is 42.9 Å². The van der Waals surface area contributed by atoms with Crippen molar-refractivity contribution in [2.75, 3.05) is 34.0 Å². The van der Waals surface area contributed by atoms with Gasteiger partial charge in [0, 0.05) is 11.8 Å². The lowest BCUT2D eigenvalue weighted by molar-refractivity contribution is -0.277. The van der Waals surface area contributed by atoms with Gasteiger partial charge < -0.3 is 54.0 Å². The third-order valence-corrected chi connectivity index (χ3v) is 7.40. The van der Waals surface area contributed by atoms with Gasteiger partial charge in [-0.15, -0.1) is 0 Å². The summed E-state index contributed by atoms with van der Waals surface area (Å²) < 4.78 is 34.3. The van der Waals surface area contributed by atoms with Crippen LogP contribution in [0.5, 0.6) is 23.0 Å². The lowest BCUT2D eigenvalue weighted by atomic mass is 9.85. The number of aromatic hydroxyl groups is 1. The first-order valence-electron chi connectivity index (χ1n) is 12.1. The first-order valence-corrected chi connectivity index (χ1v) is 12.1. The lowest BCUT2D eigenvalue weighted by Crippen LogP contribution is -2.60. The van der Waals surface area contributed by atoms with Gasteiger partial charge in [-0.1, -0.05) is 12.1 Å². The van der Waals surface area contributed by atoms with Crippen molar-refractivity contribution in [3.63, 3.8) is 0 Å². The number of hydrogen-bond donors (Lipinski definition) is 5. The van der Waals surface area contributed by atoms with Gasteiger partial charge in [0.15, 0.2) is 23.0 Å². The molecule has 0 radical (unpaired) electrons. The topological polar surface area (TPSA) is 157 Å². The highest BCUT2D eigenvalue weighted by molar-refractivity contribution is 5.45. The number of hydrogen-bond acceptors (Lipinski definition) is 11. The second-order valence-electron chi connectivity index (χ2n) is 9.49. The van der Waals surface area contributed by atoms with Gasteiger partial charge in [0.25, 0.3) is 0 Å². The van der Waals surface area contributed by atoms with E-state index in [0.29, 0.717) is 24.7 Å². The normalized spacial score (nSPS) is 35.2. The molecule has 0 aliphatic carbocycles. The second kappa shape index (κ2) is 10.6. The second-order valence-corrected chi connectivity index (χ2v) is 9.49. The zero-order valence-corrected chi connectivity index (χ0v) is 20.5. The maximum absolute atomic E-state index is 10.3. The summed E-state index contributed by atoms with van der Waals surface area (Å²) >= 11 is 0. The molecule has 9 atom stereocenters. The summed E-state index contributed by atoms with van der Waals surface area (Å²) in [6.07, 6.45) is -7.41.